The third-order valence-electron chi connectivity index (χ3n) is 3.20. The Kier molecular flexibility index (Phi) is 19.0. The standard InChI is InChI=1S/C17H36N2OS2/c1-3-13-21-15-9-5-7-11-18-17(20)19-12-8-6-10-16-22-14-4-2/h3-16H2,1-2H3,(H2,18,19,20). The number of amides is 2. The molecule has 0 heterocycles. The first-order valence-corrected chi connectivity index (χ1v) is 11.3. The highest BCUT2D eigenvalue weighted by Crippen LogP contribution is 2.07. The lowest BCUT2D eigenvalue weighted by molar-refractivity contribution is 0.240. The molecule has 0 aromatic rings. The maximum Gasteiger partial charge on any atom is 0.314 e. The van der Waals surface area contributed by atoms with Gasteiger partial charge in [-0.25, -0.2) is 4.79 Å². The third-order valence-corrected chi connectivity index (χ3v) is 5.75. The van der Waals surface area contributed by atoms with Gasteiger partial charge in [0.25, 0.3) is 0 Å². The van der Waals surface area contributed by atoms with E-state index in [4.69, 9.17) is 0 Å². The fourth-order valence-corrected chi connectivity index (χ4v) is 3.77. The molecule has 0 aliphatic heterocycles. The zero-order valence-electron chi connectivity index (χ0n) is 14.6. The van der Waals surface area contributed by atoms with Gasteiger partial charge in [0.1, 0.15) is 0 Å². The monoisotopic (exact) mass is 348 g/mol. The Morgan fingerprint density at radius 3 is 1.55 bits per heavy atom. The average Bonchev–Trinajstić information content (AvgIpc) is 2.52. The fraction of sp³-hybridized carbons (Fsp3) is 0.941. The lowest BCUT2D eigenvalue weighted by atomic mass is 10.2. The first-order valence-electron chi connectivity index (χ1n) is 8.98. The van der Waals surface area contributed by atoms with Crippen LogP contribution in [0.2, 0.25) is 0 Å². The Labute approximate surface area is 146 Å². The highest BCUT2D eigenvalue weighted by atomic mass is 32.2. The molecule has 0 radical (unpaired) electrons. The van der Waals surface area contributed by atoms with Gasteiger partial charge in [-0.2, -0.15) is 23.5 Å². The molecule has 2 amide bonds. The van der Waals surface area contributed by atoms with E-state index >= 15 is 0 Å². The van der Waals surface area contributed by atoms with Crippen LogP contribution < -0.4 is 10.6 Å². The number of rotatable bonds is 16. The SMILES string of the molecule is CCCSCCCCCNC(=O)NCCCCCSCCC. The maximum absolute atomic E-state index is 11.6. The van der Waals surface area contributed by atoms with Crippen LogP contribution in [0.15, 0.2) is 0 Å². The third kappa shape index (κ3) is 18.0. The number of carbonyl (C=O) groups is 1. The Balaban J connectivity index is 3.13. The lowest BCUT2D eigenvalue weighted by Gasteiger charge is -2.07. The topological polar surface area (TPSA) is 41.1 Å². The van der Waals surface area contributed by atoms with E-state index in [1.165, 1.54) is 61.5 Å². The van der Waals surface area contributed by atoms with Crippen molar-refractivity contribution in [3.8, 4) is 0 Å². The maximum atomic E-state index is 11.6. The van der Waals surface area contributed by atoms with Crippen LogP contribution in [0.25, 0.3) is 0 Å². The van der Waals surface area contributed by atoms with E-state index in [1.54, 1.807) is 0 Å². The molecule has 0 saturated carbocycles. The van der Waals surface area contributed by atoms with Crippen molar-refractivity contribution in [1.29, 1.82) is 0 Å². The molecule has 0 aliphatic carbocycles. The minimum atomic E-state index is 0.000663. The van der Waals surface area contributed by atoms with Crippen molar-refractivity contribution < 1.29 is 4.79 Å². The van der Waals surface area contributed by atoms with Gasteiger partial charge in [0.05, 0.1) is 0 Å². The molecule has 0 aromatic carbocycles. The van der Waals surface area contributed by atoms with Crippen molar-refractivity contribution in [2.45, 2.75) is 65.2 Å². The summed E-state index contributed by atoms with van der Waals surface area (Å²) in [5, 5.41) is 5.89. The van der Waals surface area contributed by atoms with E-state index in [9.17, 15) is 4.79 Å². The largest absolute Gasteiger partial charge is 0.338 e. The summed E-state index contributed by atoms with van der Waals surface area (Å²) >= 11 is 4.08. The van der Waals surface area contributed by atoms with Gasteiger partial charge in [0.15, 0.2) is 0 Å². The van der Waals surface area contributed by atoms with Gasteiger partial charge in [-0.05, 0) is 61.5 Å². The summed E-state index contributed by atoms with van der Waals surface area (Å²) in [5.41, 5.74) is 0. The van der Waals surface area contributed by atoms with E-state index in [0.29, 0.717) is 0 Å². The molecule has 0 rings (SSSR count). The molecule has 0 fully saturated rings. The Morgan fingerprint density at radius 1 is 0.682 bits per heavy atom. The van der Waals surface area contributed by atoms with Crippen LogP contribution in [0, 0.1) is 0 Å². The van der Waals surface area contributed by atoms with Crippen LogP contribution in [-0.4, -0.2) is 42.1 Å². The summed E-state index contributed by atoms with van der Waals surface area (Å²) in [6.07, 6.45) is 9.68. The van der Waals surface area contributed by atoms with Crippen molar-refractivity contribution in [3.05, 3.63) is 0 Å². The van der Waals surface area contributed by atoms with E-state index in [2.05, 4.69) is 24.5 Å². The van der Waals surface area contributed by atoms with Gasteiger partial charge < -0.3 is 10.6 Å². The van der Waals surface area contributed by atoms with Crippen molar-refractivity contribution in [1.82, 2.24) is 10.6 Å². The second-order valence-electron chi connectivity index (χ2n) is 5.53. The number of hydrogen-bond donors (Lipinski definition) is 2. The number of nitrogens with one attached hydrogen (secondary N) is 2. The normalized spacial score (nSPS) is 10.6. The zero-order valence-corrected chi connectivity index (χ0v) is 16.3. The quantitative estimate of drug-likeness (QED) is 0.389. The predicted molar refractivity (Wildman–Crippen MR) is 104 cm³/mol. The minimum Gasteiger partial charge on any atom is -0.338 e. The van der Waals surface area contributed by atoms with Crippen molar-refractivity contribution >= 4 is 29.6 Å². The van der Waals surface area contributed by atoms with Crippen molar-refractivity contribution in [3.63, 3.8) is 0 Å². The number of carbonyl (C=O) groups excluding carboxylic acids is 1. The summed E-state index contributed by atoms with van der Waals surface area (Å²) in [6.45, 7) is 6.05. The Morgan fingerprint density at radius 2 is 1.14 bits per heavy atom. The van der Waals surface area contributed by atoms with Gasteiger partial charge in [0, 0.05) is 13.1 Å². The Bertz CT molecular complexity index is 219. The number of urea groups is 1. The first kappa shape index (κ1) is 22.0. The Hall–Kier alpha value is -0.0300. The van der Waals surface area contributed by atoms with Crippen molar-refractivity contribution in [2.24, 2.45) is 0 Å². The molecule has 0 bridgehead atoms. The number of thioether (sulfide) groups is 2. The molecule has 0 aliphatic rings. The second kappa shape index (κ2) is 19.0. The average molecular weight is 349 g/mol. The molecule has 0 saturated heterocycles. The van der Waals surface area contributed by atoms with E-state index in [0.717, 1.165) is 25.9 Å². The predicted octanol–water partition coefficient (Wildman–Crippen LogP) is 4.91. The summed E-state index contributed by atoms with van der Waals surface area (Å²) in [4.78, 5) is 11.6. The zero-order chi connectivity index (χ0) is 16.3. The van der Waals surface area contributed by atoms with Crippen LogP contribution in [0.1, 0.15) is 65.2 Å². The van der Waals surface area contributed by atoms with Gasteiger partial charge in [-0.3, -0.25) is 0 Å². The van der Waals surface area contributed by atoms with Crippen LogP contribution >= 0.6 is 23.5 Å². The molecule has 132 valence electrons. The van der Waals surface area contributed by atoms with E-state index in [1.807, 2.05) is 23.5 Å². The summed E-state index contributed by atoms with van der Waals surface area (Å²) in [7, 11) is 0. The molecule has 0 spiro atoms. The number of unbranched alkanes of at least 4 members (excludes halogenated alkanes) is 4. The summed E-state index contributed by atoms with van der Waals surface area (Å²) < 4.78 is 0. The van der Waals surface area contributed by atoms with Crippen LogP contribution in [0.5, 0.6) is 0 Å². The molecule has 5 heteroatoms. The minimum absolute atomic E-state index is 0.000663. The van der Waals surface area contributed by atoms with E-state index < -0.39 is 0 Å². The lowest BCUT2D eigenvalue weighted by Crippen LogP contribution is -2.36. The highest BCUT2D eigenvalue weighted by molar-refractivity contribution is 7.99. The van der Waals surface area contributed by atoms with Crippen LogP contribution in [-0.2, 0) is 0 Å². The molecular formula is C17H36N2OS2. The molecule has 3 nitrogen and oxygen atoms in total. The highest BCUT2D eigenvalue weighted by Gasteiger charge is 1.98. The molecule has 2 N–H and O–H groups in total. The van der Waals surface area contributed by atoms with Crippen LogP contribution in [0.4, 0.5) is 4.79 Å². The molecule has 22 heavy (non-hydrogen) atoms. The van der Waals surface area contributed by atoms with Crippen LogP contribution in [0.3, 0.4) is 0 Å². The second-order valence-corrected chi connectivity index (χ2v) is 7.98. The smallest absolute Gasteiger partial charge is 0.314 e. The molecule has 0 atom stereocenters. The van der Waals surface area contributed by atoms with E-state index in [-0.39, 0.29) is 6.03 Å². The van der Waals surface area contributed by atoms with Gasteiger partial charge in [-0.1, -0.05) is 26.7 Å². The summed E-state index contributed by atoms with van der Waals surface area (Å²) in [6, 6.07) is 0.000663. The van der Waals surface area contributed by atoms with Gasteiger partial charge in [0.2, 0.25) is 0 Å². The number of hydrogen-bond acceptors (Lipinski definition) is 3. The fourth-order valence-electron chi connectivity index (χ4n) is 1.97. The first-order chi connectivity index (χ1) is 10.8. The van der Waals surface area contributed by atoms with Gasteiger partial charge in [-0.15, -0.1) is 0 Å². The molecule has 0 unspecified atom stereocenters. The van der Waals surface area contributed by atoms with Gasteiger partial charge >= 0.3 is 6.03 Å². The molecule has 0 aromatic heterocycles. The molecular weight excluding hydrogens is 312 g/mol. The van der Waals surface area contributed by atoms with Crippen molar-refractivity contribution in [2.75, 3.05) is 36.1 Å². The summed E-state index contributed by atoms with van der Waals surface area (Å²) in [5.74, 6) is 5.07.